The van der Waals surface area contributed by atoms with Gasteiger partial charge >= 0.3 is 6.09 Å². The lowest BCUT2D eigenvalue weighted by Gasteiger charge is -2.35. The van der Waals surface area contributed by atoms with E-state index in [0.29, 0.717) is 30.7 Å². The summed E-state index contributed by atoms with van der Waals surface area (Å²) in [6.07, 6.45) is 1.69. The number of rotatable bonds is 11. The lowest BCUT2D eigenvalue weighted by atomic mass is 9.85. The van der Waals surface area contributed by atoms with E-state index in [9.17, 15) is 28.4 Å². The number of halogens is 2. The number of ketones is 1. The zero-order valence-corrected chi connectivity index (χ0v) is 28.4. The number of nitrogens with zero attached hydrogens (tertiary/aromatic N) is 2. The van der Waals surface area contributed by atoms with Gasteiger partial charge in [0.2, 0.25) is 17.6 Å². The molecule has 1 aliphatic carbocycles. The number of carbonyl (C=O) groups is 5. The smallest absolute Gasteiger partial charge is 0.408 e. The quantitative estimate of drug-likeness (QED) is 0.298. The number of likely N-dealkylation sites (tertiary alicyclic amines) is 1. The van der Waals surface area contributed by atoms with Gasteiger partial charge in [-0.2, -0.15) is 0 Å². The maximum atomic E-state index is 14.4. The molecule has 3 N–H and O–H groups in total. The highest BCUT2D eigenvalue weighted by Gasteiger charge is 2.56. The Morgan fingerprint density at radius 1 is 1.15 bits per heavy atom. The second-order valence-corrected chi connectivity index (χ2v) is 14.6. The Hall–Kier alpha value is -3.78. The van der Waals surface area contributed by atoms with Crippen molar-refractivity contribution in [3.8, 4) is 0 Å². The van der Waals surface area contributed by atoms with Crippen LogP contribution >= 0.6 is 11.6 Å². The Bertz CT molecular complexity index is 1450. The first-order valence-electron chi connectivity index (χ1n) is 16.4. The number of amides is 4. The van der Waals surface area contributed by atoms with Crippen LogP contribution in [0.4, 0.5) is 9.18 Å². The first-order chi connectivity index (χ1) is 22.7. The molecule has 262 valence electrons. The van der Waals surface area contributed by atoms with E-state index in [-0.39, 0.29) is 43.5 Å². The number of hydrogen-bond acceptors (Lipinski definition) is 9. The molecular weight excluding hydrogens is 649 g/mol. The van der Waals surface area contributed by atoms with Gasteiger partial charge in [0.25, 0.3) is 5.91 Å². The molecule has 5 atom stereocenters. The molecule has 1 aromatic carbocycles. The average molecular weight is 692 g/mol. The highest BCUT2D eigenvalue weighted by molar-refractivity contribution is 6.38. The van der Waals surface area contributed by atoms with E-state index in [4.69, 9.17) is 25.9 Å². The minimum absolute atomic E-state index is 0.0251. The number of nitrogens with one attached hydrogen (secondary N) is 3. The van der Waals surface area contributed by atoms with Gasteiger partial charge in [0.05, 0.1) is 31.5 Å². The van der Waals surface area contributed by atoms with E-state index in [1.54, 1.807) is 26.8 Å². The van der Waals surface area contributed by atoms with Crippen LogP contribution < -0.4 is 16.0 Å². The summed E-state index contributed by atoms with van der Waals surface area (Å²) in [5.74, 6) is -3.32. The van der Waals surface area contributed by atoms with Crippen LogP contribution in [0.25, 0.3) is 0 Å². The van der Waals surface area contributed by atoms with Gasteiger partial charge in [-0.3, -0.25) is 19.2 Å². The molecular formula is C33H43ClFN5O8. The fourth-order valence-electron chi connectivity index (χ4n) is 6.20. The van der Waals surface area contributed by atoms with E-state index in [2.05, 4.69) is 21.1 Å². The summed E-state index contributed by atoms with van der Waals surface area (Å²) in [7, 11) is 0. The third-order valence-electron chi connectivity index (χ3n) is 8.90. The van der Waals surface area contributed by atoms with Gasteiger partial charge in [-0.1, -0.05) is 50.9 Å². The summed E-state index contributed by atoms with van der Waals surface area (Å²) in [4.78, 5) is 74.4. The molecule has 0 aromatic heterocycles. The molecule has 4 aliphatic rings. The maximum Gasteiger partial charge on any atom is 0.408 e. The van der Waals surface area contributed by atoms with Crippen molar-refractivity contribution in [1.82, 2.24) is 20.9 Å². The Morgan fingerprint density at radius 2 is 1.90 bits per heavy atom. The Balaban J connectivity index is 1.39. The summed E-state index contributed by atoms with van der Waals surface area (Å²) in [5, 5.41) is 12.4. The summed E-state index contributed by atoms with van der Waals surface area (Å²) >= 11 is 6.09. The minimum Gasteiger partial charge on any atom is -0.444 e. The first-order valence-corrected chi connectivity index (χ1v) is 16.8. The molecule has 1 spiro atoms. The third kappa shape index (κ3) is 8.43. The predicted octanol–water partition coefficient (Wildman–Crippen LogP) is 3.01. The van der Waals surface area contributed by atoms with Crippen molar-refractivity contribution in [3.05, 3.63) is 34.6 Å². The highest BCUT2D eigenvalue weighted by atomic mass is 35.5. The predicted molar refractivity (Wildman–Crippen MR) is 172 cm³/mol. The Kier molecular flexibility index (Phi) is 10.6. The van der Waals surface area contributed by atoms with Gasteiger partial charge < -0.3 is 35.2 Å². The van der Waals surface area contributed by atoms with Gasteiger partial charge in [-0.05, 0) is 42.9 Å². The Labute approximate surface area is 283 Å². The molecule has 2 saturated heterocycles. The van der Waals surface area contributed by atoms with Crippen molar-refractivity contribution in [2.24, 2.45) is 10.6 Å². The van der Waals surface area contributed by atoms with Crippen LogP contribution in [-0.4, -0.2) is 95.8 Å². The number of benzene rings is 1. The molecule has 48 heavy (non-hydrogen) atoms. The molecule has 3 fully saturated rings. The van der Waals surface area contributed by atoms with Crippen LogP contribution in [-0.2, 0) is 33.5 Å². The van der Waals surface area contributed by atoms with Gasteiger partial charge in [-0.15, -0.1) is 0 Å². The van der Waals surface area contributed by atoms with Crippen LogP contribution in [0, 0.1) is 11.2 Å². The van der Waals surface area contributed by atoms with Gasteiger partial charge in [-0.25, -0.2) is 9.18 Å². The topological polar surface area (TPSA) is 165 Å². The van der Waals surface area contributed by atoms with E-state index in [1.165, 1.54) is 11.0 Å². The van der Waals surface area contributed by atoms with Crippen LogP contribution in [0.3, 0.4) is 0 Å². The second kappa shape index (κ2) is 14.4. The molecule has 5 rings (SSSR count). The van der Waals surface area contributed by atoms with Crippen molar-refractivity contribution in [1.29, 1.82) is 0 Å². The molecule has 15 heteroatoms. The molecule has 1 unspecified atom stereocenters. The lowest BCUT2D eigenvalue weighted by Crippen LogP contribution is -2.59. The van der Waals surface area contributed by atoms with Gasteiger partial charge in [0, 0.05) is 35.9 Å². The zero-order chi connectivity index (χ0) is 34.8. The number of oxime groups is 1. The van der Waals surface area contributed by atoms with E-state index >= 15 is 0 Å². The van der Waals surface area contributed by atoms with E-state index in [1.807, 2.05) is 6.92 Å². The minimum atomic E-state index is -1.18. The molecule has 13 nitrogen and oxygen atoms in total. The zero-order valence-electron chi connectivity index (χ0n) is 27.6. The summed E-state index contributed by atoms with van der Waals surface area (Å²) in [6.45, 7) is 7.74. The summed E-state index contributed by atoms with van der Waals surface area (Å²) in [5.41, 5.74) is -1.22. The second-order valence-electron chi connectivity index (χ2n) is 14.1. The van der Waals surface area contributed by atoms with Crippen LogP contribution in [0.1, 0.15) is 78.2 Å². The number of alkyl carbamates (subject to hydrolysis) is 1. The highest BCUT2D eigenvalue weighted by Crippen LogP contribution is 2.40. The van der Waals surface area contributed by atoms with Crippen molar-refractivity contribution in [3.63, 3.8) is 0 Å². The lowest BCUT2D eigenvalue weighted by molar-refractivity contribution is -0.144. The van der Waals surface area contributed by atoms with Gasteiger partial charge in [0.1, 0.15) is 24.0 Å². The Morgan fingerprint density at radius 3 is 2.52 bits per heavy atom. The third-order valence-corrected chi connectivity index (χ3v) is 9.12. The fraction of sp³-hybridized carbons (Fsp3) is 0.636. The summed E-state index contributed by atoms with van der Waals surface area (Å²) in [6, 6.07) is 0.536. The molecule has 1 saturated carbocycles. The largest absolute Gasteiger partial charge is 0.444 e. The van der Waals surface area contributed by atoms with E-state index in [0.717, 1.165) is 18.9 Å². The molecule has 3 aliphatic heterocycles. The monoisotopic (exact) mass is 691 g/mol. The molecule has 3 heterocycles. The van der Waals surface area contributed by atoms with Crippen LogP contribution in [0.2, 0.25) is 5.02 Å². The standard InChI is InChI=1S/C33H43ClFN5O8/c1-5-6-23(26(41)29(43)36-21-7-8-21)37-28(42)25-15-33(14-24(39-48-33)18-11-19(34)13-20(35)12-18)17-40(25)30(44)27(32(2,3)4)38-31(45)47-22-9-10-46-16-22/h11-13,21-23,25,27H,5-10,14-17H2,1-4H3,(H,36,43)(H,37,42)(H,38,45)/t22-,23-,25-,27+,33?/m0/s1. The molecule has 0 bridgehead atoms. The number of ether oxygens (including phenoxy) is 2. The molecule has 4 amide bonds. The van der Waals surface area contributed by atoms with Crippen LogP contribution in [0.15, 0.2) is 23.4 Å². The molecule has 1 aromatic rings. The SMILES string of the molecule is CCC[C@H](NC(=O)[C@@H]1CC2(CC(c3cc(F)cc(Cl)c3)=NO2)CN1C(=O)[C@@H](NC(=O)O[C@H]1CCOC1)C(C)(C)C)C(=O)C(=O)NC1CC1. The van der Waals surface area contributed by atoms with E-state index < -0.39 is 70.7 Å². The van der Waals surface area contributed by atoms with Gasteiger partial charge in [0.15, 0.2) is 5.60 Å². The van der Waals surface area contributed by atoms with Crippen molar-refractivity contribution in [2.45, 2.75) is 109 Å². The van der Waals surface area contributed by atoms with Crippen LogP contribution in [0.5, 0.6) is 0 Å². The maximum absolute atomic E-state index is 14.4. The number of carbonyl (C=O) groups excluding carboxylic acids is 5. The molecule has 0 radical (unpaired) electrons. The van der Waals surface area contributed by atoms with Crippen molar-refractivity contribution in [2.75, 3.05) is 19.8 Å². The number of hydrogen-bond donors (Lipinski definition) is 3. The first kappa shape index (κ1) is 35.5. The average Bonchev–Trinajstić information content (AvgIpc) is 3.37. The number of Topliss-reactive ketones (excluding diaryl/α,β-unsaturated/α-hetero) is 1. The van der Waals surface area contributed by atoms with Crippen molar-refractivity contribution >= 4 is 46.9 Å². The van der Waals surface area contributed by atoms with Crippen molar-refractivity contribution < 1.29 is 42.7 Å². The summed E-state index contributed by atoms with van der Waals surface area (Å²) < 4.78 is 25.0. The fourth-order valence-corrected chi connectivity index (χ4v) is 6.42. The normalized spacial score (nSPS) is 24.8.